The van der Waals surface area contributed by atoms with Gasteiger partial charge in [0.1, 0.15) is 11.2 Å². The summed E-state index contributed by atoms with van der Waals surface area (Å²) in [4.78, 5) is 29.6. The molecular weight excluding hydrogens is 599 g/mol. The van der Waals surface area contributed by atoms with E-state index in [1.807, 2.05) is 43.2 Å². The molecule has 45 heavy (non-hydrogen) atoms. The van der Waals surface area contributed by atoms with E-state index >= 15 is 0 Å². The summed E-state index contributed by atoms with van der Waals surface area (Å²) >= 11 is 3.50. The van der Waals surface area contributed by atoms with Crippen molar-refractivity contribution in [2.45, 2.75) is 71.1 Å². The van der Waals surface area contributed by atoms with Gasteiger partial charge in [-0.25, -0.2) is 15.0 Å². The molecule has 0 unspecified atom stereocenters. The van der Waals surface area contributed by atoms with E-state index in [0.717, 1.165) is 33.8 Å². The third-order valence-electron chi connectivity index (χ3n) is 8.64. The van der Waals surface area contributed by atoms with Crippen LogP contribution in [0.1, 0.15) is 68.6 Å². The summed E-state index contributed by atoms with van der Waals surface area (Å²) in [7, 11) is 0. The summed E-state index contributed by atoms with van der Waals surface area (Å²) in [5.41, 5.74) is 4.14. The standard InChI is InChI=1S/C36H41N5O2S2/c1-5-41(23(3)4)36(42)34-32(15-16-45-34)43-33-21-37-22-38-35(33)39-27-18-26(17-24-11-13-28(14-12-24)44-6-2)29-19-25-9-7-8-10-30(25)40-31(29)20-27/h7-10,15-16,18-24,28H,5-6,11-14,17H2,1-4H3,(H,37,38,39). The Hall–Kier alpha value is -3.69. The zero-order chi connectivity index (χ0) is 31.3. The number of nitrogens with zero attached hydrogens (tertiary/aromatic N) is 4. The van der Waals surface area contributed by atoms with Crippen molar-refractivity contribution in [3.63, 3.8) is 0 Å². The molecule has 0 atom stereocenters. The number of thiophene rings is 1. The van der Waals surface area contributed by atoms with Crippen LogP contribution < -0.4 is 10.1 Å². The third-order valence-corrected chi connectivity index (χ3v) is 10.8. The van der Waals surface area contributed by atoms with Gasteiger partial charge in [0, 0.05) is 34.3 Å². The molecule has 234 valence electrons. The number of amides is 1. The second-order valence-corrected chi connectivity index (χ2v) is 14.4. The van der Waals surface area contributed by atoms with E-state index in [1.165, 1.54) is 60.0 Å². The quantitative estimate of drug-likeness (QED) is 0.144. The number of rotatable bonds is 11. The van der Waals surface area contributed by atoms with Gasteiger partial charge >= 0.3 is 0 Å². The molecule has 0 saturated heterocycles. The highest BCUT2D eigenvalue weighted by molar-refractivity contribution is 7.99. The number of para-hydroxylation sites is 1. The molecule has 0 radical (unpaired) electrons. The first-order valence-electron chi connectivity index (χ1n) is 16.0. The molecule has 2 aromatic carbocycles. The summed E-state index contributed by atoms with van der Waals surface area (Å²) in [6.07, 6.45) is 9.27. The number of ether oxygens (including phenoxy) is 1. The van der Waals surface area contributed by atoms with Gasteiger partial charge in [0.25, 0.3) is 5.91 Å². The highest BCUT2D eigenvalue weighted by Crippen LogP contribution is 2.38. The van der Waals surface area contributed by atoms with Crippen LogP contribution in [0.5, 0.6) is 11.5 Å². The molecule has 5 aromatic rings. The topological polar surface area (TPSA) is 80.2 Å². The van der Waals surface area contributed by atoms with E-state index in [2.05, 4.69) is 70.4 Å². The molecule has 3 heterocycles. The number of benzene rings is 2. The number of carbonyl (C=O) groups excluding carboxylic acids is 1. The van der Waals surface area contributed by atoms with Gasteiger partial charge in [0.15, 0.2) is 17.3 Å². The Morgan fingerprint density at radius 3 is 2.67 bits per heavy atom. The Labute approximate surface area is 273 Å². The summed E-state index contributed by atoms with van der Waals surface area (Å²) in [5, 5.41) is 8.56. The van der Waals surface area contributed by atoms with Gasteiger partial charge in [-0.15, -0.1) is 11.3 Å². The van der Waals surface area contributed by atoms with Crippen LogP contribution in [0.2, 0.25) is 0 Å². The Bertz CT molecular complexity index is 1780. The van der Waals surface area contributed by atoms with Crippen LogP contribution in [0.25, 0.3) is 21.8 Å². The SMILES string of the molecule is CCSC1CCC(Cc2cc(Nc3ncncc3Oc3ccsc3C(=O)N(CC)C(C)C)cc3nc4ccccc4cc23)CC1. The highest BCUT2D eigenvalue weighted by atomic mass is 32.2. The number of hydrogen-bond acceptors (Lipinski definition) is 8. The van der Waals surface area contributed by atoms with Crippen molar-refractivity contribution in [2.24, 2.45) is 5.92 Å². The van der Waals surface area contributed by atoms with Crippen molar-refractivity contribution in [3.8, 4) is 11.5 Å². The number of carbonyl (C=O) groups is 1. The van der Waals surface area contributed by atoms with Gasteiger partial charge in [-0.2, -0.15) is 11.8 Å². The van der Waals surface area contributed by atoms with E-state index in [4.69, 9.17) is 9.72 Å². The van der Waals surface area contributed by atoms with E-state index in [-0.39, 0.29) is 11.9 Å². The van der Waals surface area contributed by atoms with E-state index in [1.54, 1.807) is 6.20 Å². The Kier molecular flexibility index (Phi) is 9.85. The lowest BCUT2D eigenvalue weighted by atomic mass is 9.83. The molecule has 0 bridgehead atoms. The van der Waals surface area contributed by atoms with Crippen molar-refractivity contribution in [1.29, 1.82) is 0 Å². The van der Waals surface area contributed by atoms with Crippen molar-refractivity contribution >= 4 is 62.3 Å². The average Bonchev–Trinajstić information content (AvgIpc) is 3.50. The fraction of sp³-hybridized carbons (Fsp3) is 0.389. The van der Waals surface area contributed by atoms with Crippen LogP contribution in [0, 0.1) is 5.92 Å². The molecule has 9 heteroatoms. The van der Waals surface area contributed by atoms with Crippen LogP contribution in [0.4, 0.5) is 11.5 Å². The van der Waals surface area contributed by atoms with Gasteiger partial charge in [-0.05, 0) is 106 Å². The first-order chi connectivity index (χ1) is 21.9. The Balaban J connectivity index is 1.31. The lowest BCUT2D eigenvalue weighted by Crippen LogP contribution is -2.36. The van der Waals surface area contributed by atoms with Crippen LogP contribution in [0.15, 0.2) is 66.4 Å². The Morgan fingerprint density at radius 1 is 1.07 bits per heavy atom. The molecule has 3 aromatic heterocycles. The van der Waals surface area contributed by atoms with Crippen molar-refractivity contribution in [1.82, 2.24) is 19.9 Å². The number of anilines is 2. The van der Waals surface area contributed by atoms with Gasteiger partial charge in [-0.1, -0.05) is 25.1 Å². The predicted molar refractivity (Wildman–Crippen MR) is 188 cm³/mol. The summed E-state index contributed by atoms with van der Waals surface area (Å²) in [6.45, 7) is 8.93. The van der Waals surface area contributed by atoms with Gasteiger partial charge in [0.05, 0.1) is 17.2 Å². The molecule has 1 N–H and O–H groups in total. The van der Waals surface area contributed by atoms with Crippen molar-refractivity contribution in [2.75, 3.05) is 17.6 Å². The molecule has 1 amide bonds. The lowest BCUT2D eigenvalue weighted by molar-refractivity contribution is 0.0719. The molecule has 0 aliphatic heterocycles. The third kappa shape index (κ3) is 7.10. The predicted octanol–water partition coefficient (Wildman–Crippen LogP) is 9.50. The molecule has 6 rings (SSSR count). The minimum atomic E-state index is -0.0383. The maximum Gasteiger partial charge on any atom is 0.267 e. The Morgan fingerprint density at radius 2 is 1.89 bits per heavy atom. The summed E-state index contributed by atoms with van der Waals surface area (Å²) in [5.74, 6) is 3.31. The molecule has 1 aliphatic carbocycles. The van der Waals surface area contributed by atoms with E-state index in [9.17, 15) is 4.79 Å². The highest BCUT2D eigenvalue weighted by Gasteiger charge is 2.24. The minimum Gasteiger partial charge on any atom is -0.450 e. The number of pyridine rings is 1. The molecular formula is C36H41N5O2S2. The van der Waals surface area contributed by atoms with Crippen LogP contribution in [-0.4, -0.2) is 49.3 Å². The number of fused-ring (bicyclic) bond motifs is 2. The van der Waals surface area contributed by atoms with Crippen LogP contribution in [0.3, 0.4) is 0 Å². The number of thioether (sulfide) groups is 1. The number of aromatic nitrogens is 3. The molecule has 7 nitrogen and oxygen atoms in total. The normalized spacial score (nSPS) is 16.7. The van der Waals surface area contributed by atoms with Gasteiger partial charge in [0.2, 0.25) is 0 Å². The summed E-state index contributed by atoms with van der Waals surface area (Å²) < 4.78 is 6.33. The first kappa shape index (κ1) is 31.3. The van der Waals surface area contributed by atoms with Crippen molar-refractivity contribution in [3.05, 3.63) is 76.9 Å². The first-order valence-corrected chi connectivity index (χ1v) is 17.9. The zero-order valence-corrected chi connectivity index (χ0v) is 28.1. The van der Waals surface area contributed by atoms with Gasteiger partial charge in [-0.3, -0.25) is 4.79 Å². The second kappa shape index (κ2) is 14.2. The summed E-state index contributed by atoms with van der Waals surface area (Å²) in [6, 6.07) is 16.9. The van der Waals surface area contributed by atoms with Crippen LogP contribution >= 0.6 is 23.1 Å². The second-order valence-electron chi connectivity index (χ2n) is 11.9. The van der Waals surface area contributed by atoms with Crippen LogP contribution in [-0.2, 0) is 6.42 Å². The lowest BCUT2D eigenvalue weighted by Gasteiger charge is -2.28. The smallest absolute Gasteiger partial charge is 0.267 e. The maximum atomic E-state index is 13.3. The zero-order valence-electron chi connectivity index (χ0n) is 26.5. The fourth-order valence-electron chi connectivity index (χ4n) is 6.39. The van der Waals surface area contributed by atoms with Crippen molar-refractivity contribution < 1.29 is 9.53 Å². The average molecular weight is 640 g/mol. The molecule has 1 saturated carbocycles. The largest absolute Gasteiger partial charge is 0.450 e. The van der Waals surface area contributed by atoms with E-state index in [0.29, 0.717) is 34.7 Å². The molecule has 1 fully saturated rings. The maximum absolute atomic E-state index is 13.3. The monoisotopic (exact) mass is 639 g/mol. The minimum absolute atomic E-state index is 0.0383. The molecule has 0 spiro atoms. The fourth-order valence-corrected chi connectivity index (χ4v) is 8.24. The van der Waals surface area contributed by atoms with Gasteiger partial charge < -0.3 is 15.0 Å². The molecule has 1 aliphatic rings. The number of nitrogens with one attached hydrogen (secondary N) is 1. The number of hydrogen-bond donors (Lipinski definition) is 1. The van der Waals surface area contributed by atoms with E-state index < -0.39 is 0 Å².